The summed E-state index contributed by atoms with van der Waals surface area (Å²) in [4.78, 5) is 0. The second-order valence-electron chi connectivity index (χ2n) is 6.93. The summed E-state index contributed by atoms with van der Waals surface area (Å²) in [6.07, 6.45) is 6.11. The van der Waals surface area contributed by atoms with Crippen molar-refractivity contribution in [2.24, 2.45) is 0 Å². The van der Waals surface area contributed by atoms with E-state index >= 15 is 0 Å². The van der Waals surface area contributed by atoms with Crippen LogP contribution in [0.1, 0.15) is 25.7 Å². The maximum atomic E-state index is 12.2. The Morgan fingerprint density at radius 2 is 2.04 bits per heavy atom. The molecule has 1 N–H and O–H groups in total. The van der Waals surface area contributed by atoms with Crippen molar-refractivity contribution in [3.8, 4) is 11.4 Å². The highest BCUT2D eigenvalue weighted by atomic mass is 35.5. The molecule has 1 saturated heterocycles. The van der Waals surface area contributed by atoms with E-state index in [1.807, 2.05) is 24.3 Å². The lowest BCUT2D eigenvalue weighted by molar-refractivity contribution is -0.0279. The van der Waals surface area contributed by atoms with Gasteiger partial charge in [0.15, 0.2) is 0 Å². The van der Waals surface area contributed by atoms with Crippen molar-refractivity contribution in [3.63, 3.8) is 0 Å². The number of nitrogens with one attached hydrogen (secondary N) is 1. The topological polar surface area (TPSA) is 82.5 Å². The summed E-state index contributed by atoms with van der Waals surface area (Å²) in [5.74, 6) is 0.690. The molecule has 4 rings (SSSR count). The predicted molar refractivity (Wildman–Crippen MR) is 102 cm³/mol. The van der Waals surface area contributed by atoms with Gasteiger partial charge in [-0.1, -0.05) is 11.6 Å². The van der Waals surface area contributed by atoms with Crippen LogP contribution >= 0.6 is 11.6 Å². The third-order valence-corrected chi connectivity index (χ3v) is 6.96. The third kappa shape index (κ3) is 4.63. The lowest BCUT2D eigenvalue weighted by Gasteiger charge is -2.32. The fourth-order valence-corrected chi connectivity index (χ4v) is 4.92. The van der Waals surface area contributed by atoms with Gasteiger partial charge in [0.25, 0.3) is 0 Å². The van der Waals surface area contributed by atoms with E-state index in [9.17, 15) is 8.42 Å². The summed E-state index contributed by atoms with van der Waals surface area (Å²) < 4.78 is 40.6. The quantitative estimate of drug-likeness (QED) is 0.757. The molecule has 9 heteroatoms. The van der Waals surface area contributed by atoms with E-state index in [1.54, 1.807) is 17.1 Å². The van der Waals surface area contributed by atoms with Gasteiger partial charge in [-0.2, -0.15) is 5.10 Å². The van der Waals surface area contributed by atoms with Gasteiger partial charge < -0.3 is 9.47 Å². The predicted octanol–water partition coefficient (Wildman–Crippen LogP) is 2.53. The number of hydrogen-bond acceptors (Lipinski definition) is 5. The number of ether oxygens (including phenoxy) is 2. The van der Waals surface area contributed by atoms with Crippen LogP contribution in [0.4, 0.5) is 0 Å². The Bertz CT molecular complexity index is 880. The van der Waals surface area contributed by atoms with Gasteiger partial charge in [0.05, 0.1) is 28.2 Å². The average Bonchev–Trinajstić information content (AvgIpc) is 3.44. The zero-order chi connectivity index (χ0) is 18.9. The molecule has 1 aliphatic heterocycles. The molecule has 0 radical (unpaired) electrons. The van der Waals surface area contributed by atoms with Crippen molar-refractivity contribution in [1.29, 1.82) is 0 Å². The van der Waals surface area contributed by atoms with Crippen LogP contribution in [0.25, 0.3) is 5.69 Å². The van der Waals surface area contributed by atoms with Crippen molar-refractivity contribution in [3.05, 3.63) is 41.7 Å². The van der Waals surface area contributed by atoms with E-state index in [0.29, 0.717) is 24.0 Å². The molecular weight excluding hydrogens is 390 g/mol. The first-order chi connectivity index (χ1) is 13.0. The van der Waals surface area contributed by atoms with Gasteiger partial charge >= 0.3 is 0 Å². The maximum absolute atomic E-state index is 12.2. The number of rotatable bonds is 7. The molecule has 1 aliphatic carbocycles. The number of halogens is 1. The lowest BCUT2D eigenvalue weighted by atomic mass is 10.0. The average molecular weight is 412 g/mol. The maximum Gasteiger partial charge on any atom is 0.214 e. The SMILES string of the molecule is O=S(=O)(N[C@H]1CCCO[C@@H]1COc1ccc(-n2cc(Cl)cn2)cc1)C1CC1. The summed E-state index contributed by atoms with van der Waals surface area (Å²) in [6.45, 7) is 0.916. The second kappa shape index (κ2) is 7.79. The molecule has 0 bridgehead atoms. The smallest absolute Gasteiger partial charge is 0.214 e. The minimum atomic E-state index is -3.24. The van der Waals surface area contributed by atoms with Crippen LogP contribution in [0.2, 0.25) is 5.02 Å². The van der Waals surface area contributed by atoms with Crippen LogP contribution in [0.5, 0.6) is 5.75 Å². The van der Waals surface area contributed by atoms with Crippen molar-refractivity contribution in [2.75, 3.05) is 13.2 Å². The number of nitrogens with zero attached hydrogens (tertiary/aromatic N) is 2. The molecule has 27 heavy (non-hydrogen) atoms. The minimum Gasteiger partial charge on any atom is -0.491 e. The fraction of sp³-hybridized carbons (Fsp3) is 0.500. The molecule has 1 aromatic heterocycles. The van der Waals surface area contributed by atoms with Crippen LogP contribution in [-0.4, -0.2) is 48.8 Å². The summed E-state index contributed by atoms with van der Waals surface area (Å²) in [5, 5.41) is 4.50. The molecule has 1 aromatic carbocycles. The molecule has 7 nitrogen and oxygen atoms in total. The van der Waals surface area contributed by atoms with E-state index in [-0.39, 0.29) is 17.4 Å². The molecule has 2 aliphatic rings. The molecule has 146 valence electrons. The Morgan fingerprint density at radius 1 is 1.26 bits per heavy atom. The van der Waals surface area contributed by atoms with Crippen LogP contribution in [0.3, 0.4) is 0 Å². The van der Waals surface area contributed by atoms with Gasteiger partial charge in [0.1, 0.15) is 18.5 Å². The van der Waals surface area contributed by atoms with E-state index in [1.165, 1.54) is 0 Å². The zero-order valence-corrected chi connectivity index (χ0v) is 16.3. The Morgan fingerprint density at radius 3 is 2.70 bits per heavy atom. The zero-order valence-electron chi connectivity index (χ0n) is 14.8. The Kier molecular flexibility index (Phi) is 5.41. The minimum absolute atomic E-state index is 0.232. The fourth-order valence-electron chi connectivity index (χ4n) is 3.14. The van der Waals surface area contributed by atoms with Crippen molar-refractivity contribution in [2.45, 2.75) is 43.1 Å². The van der Waals surface area contributed by atoms with E-state index in [2.05, 4.69) is 9.82 Å². The number of sulfonamides is 1. The highest BCUT2D eigenvalue weighted by molar-refractivity contribution is 7.90. The van der Waals surface area contributed by atoms with E-state index in [0.717, 1.165) is 31.4 Å². The lowest BCUT2D eigenvalue weighted by Crippen LogP contribution is -2.50. The van der Waals surface area contributed by atoms with Crippen LogP contribution in [-0.2, 0) is 14.8 Å². The molecule has 0 spiro atoms. The normalized spacial score (nSPS) is 23.3. The van der Waals surface area contributed by atoms with E-state index in [4.69, 9.17) is 21.1 Å². The Hall–Kier alpha value is -1.61. The number of benzene rings is 1. The standard InChI is InChI=1S/C18H22ClN3O4S/c19-13-10-20-22(11-13)14-3-5-15(6-4-14)26-12-18-17(2-1-9-25-18)21-27(23,24)16-7-8-16/h3-6,10-11,16-18,21H,1-2,7-9,12H2/t17-,18+/m0/s1. The summed E-state index contributed by atoms with van der Waals surface area (Å²) in [7, 11) is -3.24. The molecule has 2 fully saturated rings. The first-order valence-corrected chi connectivity index (χ1v) is 11.0. The van der Waals surface area contributed by atoms with Gasteiger partial charge in [-0.25, -0.2) is 17.8 Å². The van der Waals surface area contributed by atoms with Crippen molar-refractivity contribution >= 4 is 21.6 Å². The van der Waals surface area contributed by atoms with Gasteiger partial charge in [0, 0.05) is 12.8 Å². The largest absolute Gasteiger partial charge is 0.491 e. The van der Waals surface area contributed by atoms with Gasteiger partial charge in [-0.3, -0.25) is 0 Å². The molecule has 1 saturated carbocycles. The Labute approximate surface area is 163 Å². The number of hydrogen-bond donors (Lipinski definition) is 1. The summed E-state index contributed by atoms with van der Waals surface area (Å²) >= 11 is 5.89. The van der Waals surface area contributed by atoms with Crippen molar-refractivity contribution in [1.82, 2.24) is 14.5 Å². The van der Waals surface area contributed by atoms with Gasteiger partial charge in [0.2, 0.25) is 10.0 Å². The summed E-state index contributed by atoms with van der Waals surface area (Å²) in [6, 6.07) is 7.21. The molecule has 0 unspecified atom stereocenters. The monoisotopic (exact) mass is 411 g/mol. The van der Waals surface area contributed by atoms with Crippen LogP contribution in [0.15, 0.2) is 36.7 Å². The van der Waals surface area contributed by atoms with E-state index < -0.39 is 10.0 Å². The highest BCUT2D eigenvalue weighted by Crippen LogP contribution is 2.29. The first-order valence-electron chi connectivity index (χ1n) is 9.07. The summed E-state index contributed by atoms with van der Waals surface area (Å²) in [5.41, 5.74) is 0.873. The van der Waals surface area contributed by atoms with Crippen molar-refractivity contribution < 1.29 is 17.9 Å². The molecule has 2 aromatic rings. The highest BCUT2D eigenvalue weighted by Gasteiger charge is 2.39. The molecule has 2 atom stereocenters. The molecular formula is C18H22ClN3O4S. The molecule has 0 amide bonds. The molecule has 2 heterocycles. The van der Waals surface area contributed by atoms with Gasteiger partial charge in [-0.15, -0.1) is 0 Å². The first kappa shape index (κ1) is 18.7. The van der Waals surface area contributed by atoms with Crippen LogP contribution < -0.4 is 9.46 Å². The van der Waals surface area contributed by atoms with Gasteiger partial charge in [-0.05, 0) is 49.9 Å². The third-order valence-electron chi connectivity index (χ3n) is 4.79. The second-order valence-corrected chi connectivity index (χ2v) is 9.36. The number of aromatic nitrogens is 2. The van der Waals surface area contributed by atoms with Crippen LogP contribution in [0, 0.1) is 0 Å². The Balaban J connectivity index is 1.36.